The van der Waals surface area contributed by atoms with Gasteiger partial charge in [0.2, 0.25) is 0 Å². The van der Waals surface area contributed by atoms with Gasteiger partial charge in [0.1, 0.15) is 5.75 Å². The Morgan fingerprint density at radius 2 is 0.918 bits per heavy atom. The third-order valence-corrected chi connectivity index (χ3v) is 9.80. The second-order valence-electron chi connectivity index (χ2n) is 12.5. The van der Waals surface area contributed by atoms with Crippen molar-refractivity contribution in [2.75, 3.05) is 4.90 Å². The SMILES string of the molecule is c1ccc(-c2ccc(N(c3cccc4c3Oc3ccccc3C4(c3ccccc3)c3ccccc3)c3cccc4ccccc34)cc2)cc1. The van der Waals surface area contributed by atoms with Crippen molar-refractivity contribution >= 4 is 27.8 Å². The van der Waals surface area contributed by atoms with Gasteiger partial charge in [0.05, 0.1) is 16.8 Å². The minimum Gasteiger partial charge on any atom is -0.454 e. The summed E-state index contributed by atoms with van der Waals surface area (Å²) in [5.41, 5.74) is 9.50. The maximum atomic E-state index is 7.09. The molecule has 232 valence electrons. The number of para-hydroxylation sites is 2. The topological polar surface area (TPSA) is 12.5 Å². The standard InChI is InChI=1S/C47H33NO/c1-4-16-34(17-5-1)35-30-32-39(33-31-35)48(43-27-14-19-36-18-10-11-24-40(36)43)44-28-15-26-42-46(44)49-45-29-13-12-25-41(45)47(42,37-20-6-2-7-21-37)38-22-8-3-9-23-38/h1-33H. The maximum Gasteiger partial charge on any atom is 0.156 e. The van der Waals surface area contributed by atoms with E-state index in [1.54, 1.807) is 0 Å². The van der Waals surface area contributed by atoms with Crippen LogP contribution in [-0.4, -0.2) is 0 Å². The van der Waals surface area contributed by atoms with E-state index in [0.717, 1.165) is 39.7 Å². The van der Waals surface area contributed by atoms with Crippen molar-refractivity contribution < 1.29 is 4.74 Å². The lowest BCUT2D eigenvalue weighted by molar-refractivity contribution is 0.435. The van der Waals surface area contributed by atoms with E-state index >= 15 is 0 Å². The van der Waals surface area contributed by atoms with E-state index < -0.39 is 5.41 Å². The first-order valence-corrected chi connectivity index (χ1v) is 16.8. The number of benzene rings is 8. The zero-order chi connectivity index (χ0) is 32.6. The minimum absolute atomic E-state index is 0.607. The van der Waals surface area contributed by atoms with Crippen LogP contribution in [-0.2, 0) is 5.41 Å². The highest BCUT2D eigenvalue weighted by atomic mass is 16.5. The molecule has 1 heterocycles. The smallest absolute Gasteiger partial charge is 0.156 e. The summed E-state index contributed by atoms with van der Waals surface area (Å²) in [6, 6.07) is 71.4. The van der Waals surface area contributed by atoms with Crippen molar-refractivity contribution in [2.24, 2.45) is 0 Å². The molecule has 0 unspecified atom stereocenters. The van der Waals surface area contributed by atoms with Gasteiger partial charge < -0.3 is 9.64 Å². The molecule has 1 aliphatic rings. The van der Waals surface area contributed by atoms with Crippen LogP contribution in [0.4, 0.5) is 17.1 Å². The molecule has 0 atom stereocenters. The molecule has 0 amide bonds. The third kappa shape index (κ3) is 4.72. The van der Waals surface area contributed by atoms with Crippen LogP contribution < -0.4 is 9.64 Å². The molecular weight excluding hydrogens is 595 g/mol. The van der Waals surface area contributed by atoms with E-state index in [1.807, 2.05) is 0 Å². The molecule has 0 N–H and O–H groups in total. The molecule has 2 nitrogen and oxygen atoms in total. The quantitative estimate of drug-likeness (QED) is 0.182. The fourth-order valence-electron chi connectivity index (χ4n) is 7.63. The molecule has 9 rings (SSSR count). The summed E-state index contributed by atoms with van der Waals surface area (Å²) in [5.74, 6) is 1.70. The van der Waals surface area contributed by atoms with Gasteiger partial charge >= 0.3 is 0 Å². The first-order chi connectivity index (χ1) is 24.3. The van der Waals surface area contributed by atoms with Crippen molar-refractivity contribution in [3.63, 3.8) is 0 Å². The van der Waals surface area contributed by atoms with Gasteiger partial charge in [0.25, 0.3) is 0 Å². The number of fused-ring (bicyclic) bond motifs is 3. The summed E-state index contributed by atoms with van der Waals surface area (Å²) < 4.78 is 7.09. The second-order valence-corrected chi connectivity index (χ2v) is 12.5. The molecule has 0 spiro atoms. The first-order valence-electron chi connectivity index (χ1n) is 16.8. The summed E-state index contributed by atoms with van der Waals surface area (Å²) in [6.45, 7) is 0. The van der Waals surface area contributed by atoms with Crippen molar-refractivity contribution in [1.82, 2.24) is 0 Å². The summed E-state index contributed by atoms with van der Waals surface area (Å²) in [4.78, 5) is 2.37. The lowest BCUT2D eigenvalue weighted by Gasteiger charge is -2.43. The molecule has 0 aliphatic carbocycles. The predicted octanol–water partition coefficient (Wildman–Crippen LogP) is 12.5. The zero-order valence-electron chi connectivity index (χ0n) is 26.9. The van der Waals surface area contributed by atoms with E-state index in [4.69, 9.17) is 4.74 Å². The summed E-state index contributed by atoms with van der Waals surface area (Å²) in [7, 11) is 0. The Morgan fingerprint density at radius 3 is 1.65 bits per heavy atom. The Morgan fingerprint density at radius 1 is 0.388 bits per heavy atom. The van der Waals surface area contributed by atoms with E-state index in [1.165, 1.54) is 33.0 Å². The molecule has 0 radical (unpaired) electrons. The summed E-state index contributed by atoms with van der Waals surface area (Å²) in [6.07, 6.45) is 0. The van der Waals surface area contributed by atoms with Crippen LogP contribution in [0.1, 0.15) is 22.3 Å². The molecule has 8 aromatic carbocycles. The Balaban J connectivity index is 1.34. The summed E-state index contributed by atoms with van der Waals surface area (Å²) in [5, 5.41) is 2.35. The number of anilines is 3. The van der Waals surface area contributed by atoms with Gasteiger partial charge in [-0.2, -0.15) is 0 Å². The molecule has 8 aromatic rings. The third-order valence-electron chi connectivity index (χ3n) is 9.80. The van der Waals surface area contributed by atoms with Gasteiger partial charge in [-0.25, -0.2) is 0 Å². The van der Waals surface area contributed by atoms with Crippen molar-refractivity contribution in [3.05, 3.63) is 222 Å². The Bertz CT molecular complexity index is 2360. The zero-order valence-corrected chi connectivity index (χ0v) is 26.9. The molecule has 49 heavy (non-hydrogen) atoms. The van der Waals surface area contributed by atoms with E-state index in [9.17, 15) is 0 Å². The monoisotopic (exact) mass is 627 g/mol. The molecule has 1 aliphatic heterocycles. The van der Waals surface area contributed by atoms with Crippen molar-refractivity contribution in [2.45, 2.75) is 5.41 Å². The second kappa shape index (κ2) is 12.0. The van der Waals surface area contributed by atoms with E-state index in [2.05, 4.69) is 205 Å². The van der Waals surface area contributed by atoms with Gasteiger partial charge in [0.15, 0.2) is 5.75 Å². The normalized spacial score (nSPS) is 12.8. The van der Waals surface area contributed by atoms with Crippen LogP contribution in [0.5, 0.6) is 11.5 Å². The van der Waals surface area contributed by atoms with Crippen LogP contribution in [0.15, 0.2) is 200 Å². The Hall–Kier alpha value is -6.38. The molecule has 0 bridgehead atoms. The number of ether oxygens (including phenoxy) is 1. The van der Waals surface area contributed by atoms with Gasteiger partial charge in [-0.3, -0.25) is 0 Å². The van der Waals surface area contributed by atoms with Crippen LogP contribution in [0.25, 0.3) is 21.9 Å². The van der Waals surface area contributed by atoms with Crippen LogP contribution in [0.3, 0.4) is 0 Å². The van der Waals surface area contributed by atoms with E-state index in [0.29, 0.717) is 0 Å². The number of hydrogen-bond donors (Lipinski definition) is 0. The van der Waals surface area contributed by atoms with Crippen molar-refractivity contribution in [1.29, 1.82) is 0 Å². The Kier molecular flexibility index (Phi) is 7.06. The largest absolute Gasteiger partial charge is 0.454 e. The lowest BCUT2D eigenvalue weighted by Crippen LogP contribution is -2.34. The first kappa shape index (κ1) is 28.8. The van der Waals surface area contributed by atoms with E-state index in [-0.39, 0.29) is 0 Å². The molecule has 2 heteroatoms. The van der Waals surface area contributed by atoms with Gasteiger partial charge in [0, 0.05) is 22.2 Å². The van der Waals surface area contributed by atoms with Crippen LogP contribution >= 0.6 is 0 Å². The highest BCUT2D eigenvalue weighted by Gasteiger charge is 2.46. The highest BCUT2D eigenvalue weighted by Crippen LogP contribution is 2.58. The molecular formula is C47H33NO. The highest BCUT2D eigenvalue weighted by molar-refractivity contribution is 6.00. The minimum atomic E-state index is -0.607. The molecule has 0 aromatic heterocycles. The number of hydrogen-bond acceptors (Lipinski definition) is 2. The lowest BCUT2D eigenvalue weighted by atomic mass is 9.63. The van der Waals surface area contributed by atoms with Crippen LogP contribution in [0.2, 0.25) is 0 Å². The maximum absolute atomic E-state index is 7.09. The molecule has 0 saturated carbocycles. The number of rotatable bonds is 6. The summed E-state index contributed by atoms with van der Waals surface area (Å²) >= 11 is 0. The number of nitrogens with zero attached hydrogens (tertiary/aromatic N) is 1. The van der Waals surface area contributed by atoms with Crippen LogP contribution in [0, 0.1) is 0 Å². The van der Waals surface area contributed by atoms with Gasteiger partial charge in [-0.15, -0.1) is 0 Å². The fraction of sp³-hybridized carbons (Fsp3) is 0.0213. The van der Waals surface area contributed by atoms with Gasteiger partial charge in [-0.05, 0) is 58.0 Å². The average molecular weight is 628 g/mol. The van der Waals surface area contributed by atoms with Gasteiger partial charge in [-0.1, -0.05) is 170 Å². The fourth-order valence-corrected chi connectivity index (χ4v) is 7.63. The molecule has 0 saturated heterocycles. The predicted molar refractivity (Wildman–Crippen MR) is 202 cm³/mol. The van der Waals surface area contributed by atoms with Crippen molar-refractivity contribution in [3.8, 4) is 22.6 Å². The molecule has 0 fully saturated rings. The average Bonchev–Trinajstić information content (AvgIpc) is 3.19. The Labute approximate surface area is 287 Å².